The zero-order chi connectivity index (χ0) is 13.8. The van der Waals surface area contributed by atoms with Gasteiger partial charge in [-0.15, -0.1) is 0 Å². The van der Waals surface area contributed by atoms with Crippen molar-refractivity contribution >= 4 is 0 Å². The van der Waals surface area contributed by atoms with E-state index in [0.717, 1.165) is 24.7 Å². The van der Waals surface area contributed by atoms with E-state index in [-0.39, 0.29) is 0 Å². The molecule has 0 bridgehead atoms. The Hall–Kier alpha value is -1.02. The Morgan fingerprint density at radius 2 is 2.10 bits per heavy atom. The van der Waals surface area contributed by atoms with E-state index in [4.69, 9.17) is 4.74 Å². The highest BCUT2D eigenvalue weighted by Crippen LogP contribution is 2.32. The van der Waals surface area contributed by atoms with Gasteiger partial charge in [0.1, 0.15) is 5.75 Å². The summed E-state index contributed by atoms with van der Waals surface area (Å²) >= 11 is 0. The minimum absolute atomic E-state index is 0.503. The minimum atomic E-state index is 0.503. The van der Waals surface area contributed by atoms with Crippen LogP contribution in [0.5, 0.6) is 5.75 Å². The maximum atomic E-state index is 5.60. The van der Waals surface area contributed by atoms with Crippen LogP contribution < -0.4 is 10.1 Å². The Bertz CT molecular complexity index is 437. The lowest BCUT2D eigenvalue weighted by atomic mass is 9.84. The summed E-state index contributed by atoms with van der Waals surface area (Å²) in [6.07, 6.45) is 11.0. The SMILES string of the molecule is CNC(CCC1CCCCC1)c1ccc2c(c1)CCO2. The fourth-order valence-electron chi connectivity index (χ4n) is 3.78. The Morgan fingerprint density at radius 3 is 2.90 bits per heavy atom. The lowest BCUT2D eigenvalue weighted by Gasteiger charge is -2.24. The smallest absolute Gasteiger partial charge is 0.122 e. The van der Waals surface area contributed by atoms with Gasteiger partial charge in [0.15, 0.2) is 0 Å². The molecule has 1 aromatic carbocycles. The molecule has 3 rings (SSSR count). The maximum absolute atomic E-state index is 5.60. The van der Waals surface area contributed by atoms with Gasteiger partial charge in [0.05, 0.1) is 6.61 Å². The number of ether oxygens (including phenoxy) is 1. The average Bonchev–Trinajstić information content (AvgIpc) is 2.96. The second-order valence-electron chi connectivity index (χ2n) is 6.39. The van der Waals surface area contributed by atoms with Gasteiger partial charge in [-0.1, -0.05) is 44.2 Å². The molecule has 1 saturated carbocycles. The second kappa shape index (κ2) is 6.62. The zero-order valence-corrected chi connectivity index (χ0v) is 12.7. The Morgan fingerprint density at radius 1 is 1.25 bits per heavy atom. The van der Waals surface area contributed by atoms with E-state index >= 15 is 0 Å². The van der Waals surface area contributed by atoms with Crippen LogP contribution in [0.15, 0.2) is 18.2 Å². The molecule has 1 aromatic rings. The highest BCUT2D eigenvalue weighted by molar-refractivity contribution is 5.40. The molecule has 1 atom stereocenters. The zero-order valence-electron chi connectivity index (χ0n) is 12.7. The van der Waals surface area contributed by atoms with Crippen LogP contribution in [0.1, 0.15) is 62.1 Å². The van der Waals surface area contributed by atoms with Crippen LogP contribution in [0, 0.1) is 5.92 Å². The Labute approximate surface area is 122 Å². The van der Waals surface area contributed by atoms with Crippen LogP contribution in [-0.2, 0) is 6.42 Å². The number of rotatable bonds is 5. The van der Waals surface area contributed by atoms with Crippen molar-refractivity contribution in [2.24, 2.45) is 5.92 Å². The third-order valence-electron chi connectivity index (χ3n) is 5.05. The van der Waals surface area contributed by atoms with Crippen LogP contribution in [0.3, 0.4) is 0 Å². The number of benzene rings is 1. The summed E-state index contributed by atoms with van der Waals surface area (Å²) in [6.45, 7) is 0.852. The predicted molar refractivity (Wildman–Crippen MR) is 83.3 cm³/mol. The van der Waals surface area contributed by atoms with Crippen molar-refractivity contribution in [3.63, 3.8) is 0 Å². The normalized spacial score (nSPS) is 20.4. The fraction of sp³-hybridized carbons (Fsp3) is 0.667. The van der Waals surface area contributed by atoms with Crippen LogP contribution >= 0.6 is 0 Å². The lowest BCUT2D eigenvalue weighted by molar-refractivity contribution is 0.317. The van der Waals surface area contributed by atoms with Crippen molar-refractivity contribution in [3.05, 3.63) is 29.3 Å². The molecular formula is C18H27NO. The van der Waals surface area contributed by atoms with Gasteiger partial charge in [0.25, 0.3) is 0 Å². The number of hydrogen-bond acceptors (Lipinski definition) is 2. The van der Waals surface area contributed by atoms with Crippen molar-refractivity contribution in [2.45, 2.75) is 57.4 Å². The van der Waals surface area contributed by atoms with E-state index in [1.54, 1.807) is 0 Å². The quantitative estimate of drug-likeness (QED) is 0.866. The Balaban J connectivity index is 1.60. The third kappa shape index (κ3) is 3.17. The van der Waals surface area contributed by atoms with Gasteiger partial charge in [-0.3, -0.25) is 0 Å². The lowest BCUT2D eigenvalue weighted by Crippen LogP contribution is -2.18. The topological polar surface area (TPSA) is 21.3 Å². The van der Waals surface area contributed by atoms with Crippen molar-refractivity contribution in [1.29, 1.82) is 0 Å². The molecular weight excluding hydrogens is 246 g/mol. The van der Waals surface area contributed by atoms with E-state index in [2.05, 4.69) is 30.6 Å². The highest BCUT2D eigenvalue weighted by Gasteiger charge is 2.18. The maximum Gasteiger partial charge on any atom is 0.122 e. The molecule has 1 unspecified atom stereocenters. The summed E-state index contributed by atoms with van der Waals surface area (Å²) in [6, 6.07) is 7.25. The molecule has 2 aliphatic rings. The molecule has 20 heavy (non-hydrogen) atoms. The van der Waals surface area contributed by atoms with Crippen molar-refractivity contribution < 1.29 is 4.74 Å². The molecule has 1 aliphatic heterocycles. The van der Waals surface area contributed by atoms with Crippen molar-refractivity contribution in [2.75, 3.05) is 13.7 Å². The van der Waals surface area contributed by atoms with Crippen molar-refractivity contribution in [1.82, 2.24) is 5.32 Å². The molecule has 110 valence electrons. The molecule has 0 spiro atoms. The van der Waals surface area contributed by atoms with Gasteiger partial charge in [-0.05, 0) is 43.0 Å². The fourth-order valence-corrected chi connectivity index (χ4v) is 3.78. The van der Waals surface area contributed by atoms with Gasteiger partial charge < -0.3 is 10.1 Å². The minimum Gasteiger partial charge on any atom is -0.493 e. The predicted octanol–water partition coefficient (Wildman–Crippen LogP) is 4.24. The summed E-state index contributed by atoms with van der Waals surface area (Å²) in [5.74, 6) is 2.06. The monoisotopic (exact) mass is 273 g/mol. The molecule has 0 aromatic heterocycles. The van der Waals surface area contributed by atoms with Gasteiger partial charge in [-0.25, -0.2) is 0 Å². The summed E-state index contributed by atoms with van der Waals surface area (Å²) in [4.78, 5) is 0. The van der Waals surface area contributed by atoms with E-state index < -0.39 is 0 Å². The largest absolute Gasteiger partial charge is 0.493 e. The standard InChI is InChI=1S/C18H27NO/c1-19-17(9-7-14-5-3-2-4-6-14)15-8-10-18-16(13-15)11-12-20-18/h8,10,13-14,17,19H,2-7,9,11-12H2,1H3. The van der Waals surface area contributed by atoms with Gasteiger partial charge in [0.2, 0.25) is 0 Å². The molecule has 1 aliphatic carbocycles. The van der Waals surface area contributed by atoms with Gasteiger partial charge in [-0.2, -0.15) is 0 Å². The Kier molecular flexibility index (Phi) is 4.62. The van der Waals surface area contributed by atoms with Crippen LogP contribution in [0.2, 0.25) is 0 Å². The summed E-state index contributed by atoms with van der Waals surface area (Å²) in [7, 11) is 2.09. The second-order valence-corrected chi connectivity index (χ2v) is 6.39. The molecule has 0 radical (unpaired) electrons. The summed E-state index contributed by atoms with van der Waals surface area (Å²) in [5, 5.41) is 3.51. The first-order chi connectivity index (χ1) is 9.86. The molecule has 0 amide bonds. The third-order valence-corrected chi connectivity index (χ3v) is 5.05. The van der Waals surface area contributed by atoms with E-state index in [1.165, 1.54) is 56.1 Å². The number of fused-ring (bicyclic) bond motifs is 1. The van der Waals surface area contributed by atoms with Gasteiger partial charge in [0, 0.05) is 12.5 Å². The average molecular weight is 273 g/mol. The first kappa shape index (κ1) is 13.9. The first-order valence-corrected chi connectivity index (χ1v) is 8.29. The van der Waals surface area contributed by atoms with Crippen LogP contribution in [0.25, 0.3) is 0 Å². The molecule has 1 N–H and O–H groups in total. The summed E-state index contributed by atoms with van der Waals surface area (Å²) < 4.78 is 5.60. The van der Waals surface area contributed by atoms with Crippen molar-refractivity contribution in [3.8, 4) is 5.75 Å². The number of hydrogen-bond donors (Lipinski definition) is 1. The molecule has 2 nitrogen and oxygen atoms in total. The van der Waals surface area contributed by atoms with Gasteiger partial charge >= 0.3 is 0 Å². The molecule has 1 heterocycles. The van der Waals surface area contributed by atoms with Crippen LogP contribution in [-0.4, -0.2) is 13.7 Å². The number of nitrogens with one attached hydrogen (secondary N) is 1. The van der Waals surface area contributed by atoms with E-state index in [1.807, 2.05) is 0 Å². The van der Waals surface area contributed by atoms with Crippen LogP contribution in [0.4, 0.5) is 0 Å². The van der Waals surface area contributed by atoms with E-state index in [9.17, 15) is 0 Å². The summed E-state index contributed by atoms with van der Waals surface area (Å²) in [5.41, 5.74) is 2.83. The first-order valence-electron chi connectivity index (χ1n) is 8.29. The molecule has 1 fully saturated rings. The molecule has 2 heteroatoms. The van der Waals surface area contributed by atoms with E-state index in [0.29, 0.717) is 6.04 Å². The highest BCUT2D eigenvalue weighted by atomic mass is 16.5. The molecule has 0 saturated heterocycles.